The molecule has 0 heterocycles. The van der Waals surface area contributed by atoms with Crippen molar-refractivity contribution in [2.75, 3.05) is 12.8 Å². The molecule has 0 aromatic heterocycles. The second-order valence-electron chi connectivity index (χ2n) is 3.40. The lowest BCUT2D eigenvalue weighted by molar-refractivity contribution is 0.0693. The second-order valence-corrected chi connectivity index (χ2v) is 4.66. The fraction of sp³-hybridized carbons (Fsp3) is 0.300. The lowest BCUT2D eigenvalue weighted by atomic mass is 10.1. The normalized spacial score (nSPS) is 14.1. The summed E-state index contributed by atoms with van der Waals surface area (Å²) >= 11 is -2.12. The first-order valence-corrected chi connectivity index (χ1v) is 5.85. The number of nitrogens with two attached hydrogens (primary N) is 1. The molecule has 94 valence electrons. The zero-order chi connectivity index (χ0) is 13.2. The maximum absolute atomic E-state index is 11.0. The van der Waals surface area contributed by atoms with Gasteiger partial charge in [-0.05, 0) is 18.6 Å². The van der Waals surface area contributed by atoms with Crippen LogP contribution in [0.2, 0.25) is 0 Å². The van der Waals surface area contributed by atoms with Crippen LogP contribution in [0.25, 0.3) is 0 Å². The summed E-state index contributed by atoms with van der Waals surface area (Å²) in [6.07, 6.45) is 0. The molecular weight excluding hydrogens is 246 g/mol. The maximum Gasteiger partial charge on any atom is 0.339 e. The van der Waals surface area contributed by atoms with E-state index in [1.807, 2.05) is 0 Å². The molecule has 0 amide bonds. The van der Waals surface area contributed by atoms with Crippen LogP contribution in [0.4, 0.5) is 5.69 Å². The Balaban J connectivity index is 3.39. The van der Waals surface area contributed by atoms with Gasteiger partial charge in [-0.25, -0.2) is 9.00 Å². The summed E-state index contributed by atoms with van der Waals surface area (Å²) in [6, 6.07) is 2.59. The average Bonchev–Trinajstić information content (AvgIpc) is 2.27. The Morgan fingerprint density at radius 1 is 1.53 bits per heavy atom. The molecule has 0 saturated heterocycles. The quantitative estimate of drug-likeness (QED) is 0.554. The minimum absolute atomic E-state index is 0.0889. The van der Waals surface area contributed by atoms with Crippen LogP contribution in [-0.2, 0) is 11.1 Å². The second kappa shape index (κ2) is 5.15. The number of hydrogen-bond donors (Lipinski definition) is 3. The lowest BCUT2D eigenvalue weighted by Gasteiger charge is -2.14. The summed E-state index contributed by atoms with van der Waals surface area (Å²) in [5, 5.41) is 8.21. The summed E-state index contributed by atoms with van der Waals surface area (Å²) in [7, 11) is 1.33. The number of carboxylic acid groups (broad SMARTS) is 1. The standard InChI is InChI=1S/C10H13NO5S/c1-5(17(14)15)6-3-7(10(12)13)9(16-2)4-8(6)11/h3-5H,11H2,1-2H3,(H,12,13)(H,14,15). The Bertz CT molecular complexity index is 474. The Morgan fingerprint density at radius 3 is 2.53 bits per heavy atom. The van der Waals surface area contributed by atoms with Gasteiger partial charge in [0.2, 0.25) is 0 Å². The van der Waals surface area contributed by atoms with Crippen LogP contribution in [0.15, 0.2) is 12.1 Å². The Kier molecular flexibility index (Phi) is 4.08. The van der Waals surface area contributed by atoms with Crippen molar-refractivity contribution in [3.63, 3.8) is 0 Å². The number of carboxylic acids is 1. The van der Waals surface area contributed by atoms with Crippen molar-refractivity contribution in [1.82, 2.24) is 0 Å². The average molecular weight is 259 g/mol. The largest absolute Gasteiger partial charge is 0.496 e. The molecule has 17 heavy (non-hydrogen) atoms. The van der Waals surface area contributed by atoms with E-state index >= 15 is 0 Å². The van der Waals surface area contributed by atoms with E-state index in [-0.39, 0.29) is 17.0 Å². The molecule has 0 aliphatic carbocycles. The highest BCUT2D eigenvalue weighted by atomic mass is 32.2. The molecule has 1 aromatic rings. The summed E-state index contributed by atoms with van der Waals surface area (Å²) in [6.45, 7) is 1.49. The molecule has 2 atom stereocenters. The molecule has 0 fully saturated rings. The number of methoxy groups -OCH3 is 1. The molecule has 7 heteroatoms. The van der Waals surface area contributed by atoms with E-state index in [0.717, 1.165) is 0 Å². The molecular formula is C10H13NO5S. The molecule has 0 aliphatic heterocycles. The minimum atomic E-state index is -2.12. The number of ether oxygens (including phenoxy) is 1. The van der Waals surface area contributed by atoms with Gasteiger partial charge in [-0.3, -0.25) is 0 Å². The third-order valence-corrected chi connectivity index (χ3v) is 3.23. The zero-order valence-corrected chi connectivity index (χ0v) is 10.2. The van der Waals surface area contributed by atoms with Gasteiger partial charge in [0, 0.05) is 11.8 Å². The SMILES string of the molecule is COc1cc(N)c(C(C)S(=O)O)cc1C(=O)O. The molecule has 0 aliphatic rings. The van der Waals surface area contributed by atoms with Crippen LogP contribution in [0, 0.1) is 0 Å². The minimum Gasteiger partial charge on any atom is -0.496 e. The Hall–Kier alpha value is -1.60. The first-order valence-electron chi connectivity index (χ1n) is 4.68. The maximum atomic E-state index is 11.0. The van der Waals surface area contributed by atoms with Crippen LogP contribution in [0.1, 0.15) is 28.1 Å². The van der Waals surface area contributed by atoms with Crippen molar-refractivity contribution in [3.05, 3.63) is 23.3 Å². The monoisotopic (exact) mass is 259 g/mol. The van der Waals surface area contributed by atoms with Crippen LogP contribution < -0.4 is 10.5 Å². The predicted octanol–water partition coefficient (Wildman–Crippen LogP) is 1.26. The van der Waals surface area contributed by atoms with Gasteiger partial charge < -0.3 is 20.1 Å². The van der Waals surface area contributed by atoms with Gasteiger partial charge in [-0.1, -0.05) is 0 Å². The number of anilines is 1. The predicted molar refractivity (Wildman–Crippen MR) is 63.6 cm³/mol. The molecule has 6 nitrogen and oxygen atoms in total. The van der Waals surface area contributed by atoms with E-state index in [0.29, 0.717) is 5.56 Å². The highest BCUT2D eigenvalue weighted by Gasteiger charge is 2.20. The first-order chi connectivity index (χ1) is 7.88. The fourth-order valence-electron chi connectivity index (χ4n) is 1.41. The smallest absolute Gasteiger partial charge is 0.339 e. The van der Waals surface area contributed by atoms with Crippen molar-refractivity contribution in [2.24, 2.45) is 0 Å². The van der Waals surface area contributed by atoms with Crippen LogP contribution in [0.3, 0.4) is 0 Å². The summed E-state index contributed by atoms with van der Waals surface area (Å²) in [4.78, 5) is 11.0. The van der Waals surface area contributed by atoms with Gasteiger partial charge in [0.25, 0.3) is 0 Å². The van der Waals surface area contributed by atoms with Crippen molar-refractivity contribution in [2.45, 2.75) is 12.2 Å². The van der Waals surface area contributed by atoms with Gasteiger partial charge in [0.15, 0.2) is 11.1 Å². The summed E-state index contributed by atoms with van der Waals surface area (Å²) in [5.41, 5.74) is 6.13. The van der Waals surface area contributed by atoms with Crippen molar-refractivity contribution < 1.29 is 23.4 Å². The van der Waals surface area contributed by atoms with Crippen LogP contribution in [-0.4, -0.2) is 26.9 Å². The van der Waals surface area contributed by atoms with Gasteiger partial charge in [0.05, 0.1) is 12.4 Å². The molecule has 0 spiro atoms. The summed E-state index contributed by atoms with van der Waals surface area (Å²) in [5.74, 6) is -1.06. The zero-order valence-electron chi connectivity index (χ0n) is 9.34. The van der Waals surface area contributed by atoms with Crippen molar-refractivity contribution in [1.29, 1.82) is 0 Å². The number of nitrogen functional groups attached to an aromatic ring is 1. The number of aromatic carboxylic acids is 1. The van der Waals surface area contributed by atoms with E-state index < -0.39 is 22.3 Å². The third-order valence-electron chi connectivity index (χ3n) is 2.38. The van der Waals surface area contributed by atoms with E-state index in [4.69, 9.17) is 20.1 Å². The van der Waals surface area contributed by atoms with Gasteiger partial charge >= 0.3 is 5.97 Å². The van der Waals surface area contributed by atoms with E-state index in [1.54, 1.807) is 0 Å². The molecule has 1 aromatic carbocycles. The van der Waals surface area contributed by atoms with E-state index in [9.17, 15) is 9.00 Å². The third kappa shape index (κ3) is 2.75. The molecule has 0 radical (unpaired) electrons. The van der Waals surface area contributed by atoms with Gasteiger partial charge in [0.1, 0.15) is 11.3 Å². The highest BCUT2D eigenvalue weighted by Crippen LogP contribution is 2.31. The molecule has 0 saturated carbocycles. The van der Waals surface area contributed by atoms with E-state index in [1.165, 1.54) is 26.2 Å². The van der Waals surface area contributed by atoms with Crippen molar-refractivity contribution in [3.8, 4) is 5.75 Å². The number of benzene rings is 1. The Morgan fingerprint density at radius 2 is 2.12 bits per heavy atom. The van der Waals surface area contributed by atoms with Gasteiger partial charge in [-0.2, -0.15) is 0 Å². The molecule has 1 rings (SSSR count). The molecule has 4 N–H and O–H groups in total. The Labute approximate surface area is 101 Å². The van der Waals surface area contributed by atoms with Crippen LogP contribution >= 0.6 is 0 Å². The number of rotatable bonds is 4. The van der Waals surface area contributed by atoms with Crippen LogP contribution in [0.5, 0.6) is 5.75 Å². The highest BCUT2D eigenvalue weighted by molar-refractivity contribution is 7.79. The topological polar surface area (TPSA) is 110 Å². The first kappa shape index (κ1) is 13.5. The van der Waals surface area contributed by atoms with Gasteiger partial charge in [-0.15, -0.1) is 0 Å². The summed E-state index contributed by atoms with van der Waals surface area (Å²) < 4.78 is 24.8. The molecule has 2 unspecified atom stereocenters. The number of carbonyl (C=O) groups is 1. The molecule has 0 bridgehead atoms. The van der Waals surface area contributed by atoms with Crippen molar-refractivity contribution >= 4 is 22.7 Å². The van der Waals surface area contributed by atoms with E-state index in [2.05, 4.69) is 0 Å². The fourth-order valence-corrected chi connectivity index (χ4v) is 1.83. The lowest BCUT2D eigenvalue weighted by Crippen LogP contribution is -2.09. The number of hydrogen-bond acceptors (Lipinski definition) is 4.